The molecule has 0 spiro atoms. The molecule has 202 valence electrons. The topological polar surface area (TPSA) is 98.6 Å². The molecular formula is C26H27F3N4O4S. The number of halogens is 3. The number of aromatic nitrogens is 2. The smallest absolute Gasteiger partial charge is 0.369 e. The van der Waals surface area contributed by atoms with Gasteiger partial charge >= 0.3 is 11.9 Å². The average molecular weight is 549 g/mol. The summed E-state index contributed by atoms with van der Waals surface area (Å²) < 4.78 is 69.7. The van der Waals surface area contributed by atoms with Crippen molar-refractivity contribution in [1.29, 1.82) is 0 Å². The van der Waals surface area contributed by atoms with Gasteiger partial charge in [-0.1, -0.05) is 36.4 Å². The molecule has 38 heavy (non-hydrogen) atoms. The minimum atomic E-state index is -4.33. The van der Waals surface area contributed by atoms with Crippen LogP contribution in [0.2, 0.25) is 0 Å². The zero-order chi connectivity index (χ0) is 27.3. The van der Waals surface area contributed by atoms with E-state index in [1.807, 2.05) is 29.2 Å². The summed E-state index contributed by atoms with van der Waals surface area (Å²) in [7, 11) is -4.00. The van der Waals surface area contributed by atoms with Crippen molar-refractivity contribution in [2.75, 3.05) is 37.6 Å². The molecule has 3 aromatic carbocycles. The van der Waals surface area contributed by atoms with Crippen LogP contribution >= 0.6 is 0 Å². The van der Waals surface area contributed by atoms with Gasteiger partial charge in [0.1, 0.15) is 0 Å². The maximum atomic E-state index is 12.9. The number of imidazole rings is 1. The summed E-state index contributed by atoms with van der Waals surface area (Å²) in [6, 6.07) is 20.5. The largest absolute Gasteiger partial charge is 0.416 e. The second kappa shape index (κ2) is 11.4. The number of alkyl halides is 3. The van der Waals surface area contributed by atoms with Gasteiger partial charge in [-0.3, -0.25) is 14.0 Å². The van der Waals surface area contributed by atoms with Crippen molar-refractivity contribution in [1.82, 2.24) is 14.5 Å². The molecule has 12 heteroatoms. The van der Waals surface area contributed by atoms with Gasteiger partial charge in [-0.2, -0.15) is 21.6 Å². The maximum Gasteiger partial charge on any atom is 0.416 e. The van der Waals surface area contributed by atoms with Gasteiger partial charge in [0.25, 0.3) is 10.1 Å². The minimum absolute atomic E-state index is 0.0741. The van der Waals surface area contributed by atoms with E-state index in [2.05, 4.69) is 9.88 Å². The highest BCUT2D eigenvalue weighted by molar-refractivity contribution is 7.85. The molecule has 8 nitrogen and oxygen atoms in total. The van der Waals surface area contributed by atoms with Crippen LogP contribution in [0.3, 0.4) is 0 Å². The minimum Gasteiger partial charge on any atom is -0.369 e. The Labute approximate surface area is 217 Å². The molecule has 0 aliphatic carbocycles. The van der Waals surface area contributed by atoms with Gasteiger partial charge in [0.05, 0.1) is 21.5 Å². The first-order valence-electron chi connectivity index (χ1n) is 11.9. The molecular weight excluding hydrogens is 521 g/mol. The predicted molar refractivity (Wildman–Crippen MR) is 139 cm³/mol. The number of rotatable bonds is 5. The lowest BCUT2D eigenvalue weighted by Crippen LogP contribution is -2.47. The Morgan fingerprint density at radius 1 is 0.842 bits per heavy atom. The fourth-order valence-corrected chi connectivity index (χ4v) is 4.77. The molecule has 1 saturated heterocycles. The van der Waals surface area contributed by atoms with Gasteiger partial charge in [-0.15, -0.1) is 0 Å². The highest BCUT2D eigenvalue weighted by Crippen LogP contribution is 2.31. The Hall–Kier alpha value is -3.61. The zero-order valence-corrected chi connectivity index (χ0v) is 21.1. The van der Waals surface area contributed by atoms with Crippen molar-refractivity contribution in [3.63, 3.8) is 0 Å². The van der Waals surface area contributed by atoms with E-state index in [4.69, 9.17) is 4.55 Å². The summed E-state index contributed by atoms with van der Waals surface area (Å²) in [5, 5.41) is 0. The van der Waals surface area contributed by atoms with E-state index in [1.165, 1.54) is 24.3 Å². The van der Waals surface area contributed by atoms with E-state index >= 15 is 0 Å². The molecule has 0 unspecified atom stereocenters. The Bertz CT molecular complexity index is 1530. The number of piperazine rings is 1. The number of anilines is 1. The van der Waals surface area contributed by atoms with Crippen LogP contribution in [-0.2, 0) is 22.8 Å². The van der Waals surface area contributed by atoms with Crippen LogP contribution < -0.4 is 10.6 Å². The summed E-state index contributed by atoms with van der Waals surface area (Å²) in [4.78, 5) is 19.1. The van der Waals surface area contributed by atoms with Gasteiger partial charge in [-0.25, -0.2) is 4.79 Å². The van der Waals surface area contributed by atoms with Crippen molar-refractivity contribution >= 4 is 26.8 Å². The Morgan fingerprint density at radius 2 is 1.50 bits per heavy atom. The van der Waals surface area contributed by atoms with E-state index in [-0.39, 0.29) is 10.6 Å². The standard InChI is InChI=1S/C20H21F3N4O.C6H6O3S/c21-20(22,23)15-4-3-5-16(14-15)26-11-8-25(9-12-26)10-13-27-18-7-2-1-6-17(18)24-19(27)28;7-10(8,9)6-4-2-1-3-5-6/h1-7,14H,8-13H2,(H,24,28);1-5H,(H,7,8,9). The number of fused-ring (bicyclic) bond motifs is 1. The van der Waals surface area contributed by atoms with Crippen LogP contribution in [0.1, 0.15) is 5.56 Å². The Morgan fingerprint density at radius 3 is 2.13 bits per heavy atom. The number of aromatic amines is 1. The average Bonchev–Trinajstić information content (AvgIpc) is 3.22. The molecule has 1 aliphatic rings. The number of hydrogen-bond acceptors (Lipinski definition) is 5. The maximum absolute atomic E-state index is 12.9. The first-order valence-corrected chi connectivity index (χ1v) is 13.3. The predicted octanol–water partition coefficient (Wildman–Crippen LogP) is 4.10. The van der Waals surface area contributed by atoms with Crippen LogP contribution in [0.25, 0.3) is 11.0 Å². The third-order valence-electron chi connectivity index (χ3n) is 6.27. The van der Waals surface area contributed by atoms with E-state index in [0.29, 0.717) is 25.3 Å². The first kappa shape index (κ1) is 27.4. The fraction of sp³-hybridized carbons (Fsp3) is 0.269. The molecule has 0 bridgehead atoms. The molecule has 2 heterocycles. The third kappa shape index (κ3) is 6.82. The second-order valence-electron chi connectivity index (χ2n) is 8.76. The van der Waals surface area contributed by atoms with Gasteiger partial charge in [-0.05, 0) is 42.5 Å². The SMILES string of the molecule is O=S(=O)(O)c1ccccc1.O=c1[nH]c2ccccc2n1CCN1CCN(c2cccc(C(F)(F)F)c2)CC1. The summed E-state index contributed by atoms with van der Waals surface area (Å²) in [5.74, 6) is 0. The van der Waals surface area contributed by atoms with Gasteiger partial charge in [0.15, 0.2) is 0 Å². The lowest BCUT2D eigenvalue weighted by atomic mass is 10.1. The second-order valence-corrected chi connectivity index (χ2v) is 10.2. The molecule has 2 N–H and O–H groups in total. The highest BCUT2D eigenvalue weighted by atomic mass is 32.2. The van der Waals surface area contributed by atoms with Crippen LogP contribution in [0.4, 0.5) is 18.9 Å². The van der Waals surface area contributed by atoms with Crippen LogP contribution in [0.15, 0.2) is 88.6 Å². The Balaban J connectivity index is 0.000000283. The van der Waals surface area contributed by atoms with Gasteiger partial charge in [0, 0.05) is 45.0 Å². The number of nitrogens with one attached hydrogen (secondary N) is 1. The van der Waals surface area contributed by atoms with E-state index < -0.39 is 21.9 Å². The summed E-state index contributed by atoms with van der Waals surface area (Å²) in [6.45, 7) is 4.10. The van der Waals surface area contributed by atoms with Gasteiger partial charge < -0.3 is 9.88 Å². The summed E-state index contributed by atoms with van der Waals surface area (Å²) >= 11 is 0. The van der Waals surface area contributed by atoms with Crippen LogP contribution in [-0.4, -0.2) is 60.1 Å². The van der Waals surface area contributed by atoms with Crippen molar-refractivity contribution < 1.29 is 26.1 Å². The molecule has 5 rings (SSSR count). The molecule has 1 fully saturated rings. The normalized spacial score (nSPS) is 14.8. The number of para-hydroxylation sites is 2. The van der Waals surface area contributed by atoms with Crippen molar-refractivity contribution in [3.05, 3.63) is 94.9 Å². The number of hydrogen-bond donors (Lipinski definition) is 2. The lowest BCUT2D eigenvalue weighted by molar-refractivity contribution is -0.137. The van der Waals surface area contributed by atoms with Crippen LogP contribution in [0.5, 0.6) is 0 Å². The van der Waals surface area contributed by atoms with Crippen molar-refractivity contribution in [2.24, 2.45) is 0 Å². The number of benzene rings is 3. The highest BCUT2D eigenvalue weighted by Gasteiger charge is 2.31. The van der Waals surface area contributed by atoms with E-state index in [0.717, 1.165) is 36.7 Å². The summed E-state index contributed by atoms with van der Waals surface area (Å²) in [6.07, 6.45) is -4.33. The third-order valence-corrected chi connectivity index (χ3v) is 7.14. The Kier molecular flexibility index (Phi) is 8.24. The van der Waals surface area contributed by atoms with E-state index in [9.17, 15) is 26.4 Å². The first-order chi connectivity index (χ1) is 18.0. The van der Waals surface area contributed by atoms with E-state index in [1.54, 1.807) is 28.8 Å². The quantitative estimate of drug-likeness (QED) is 0.365. The molecule has 0 atom stereocenters. The summed E-state index contributed by atoms with van der Waals surface area (Å²) in [5.41, 5.74) is 1.56. The number of H-pyrrole nitrogens is 1. The van der Waals surface area contributed by atoms with Gasteiger partial charge in [0.2, 0.25) is 0 Å². The zero-order valence-electron chi connectivity index (χ0n) is 20.3. The molecule has 1 aromatic heterocycles. The monoisotopic (exact) mass is 548 g/mol. The van der Waals surface area contributed by atoms with Crippen molar-refractivity contribution in [2.45, 2.75) is 17.6 Å². The lowest BCUT2D eigenvalue weighted by Gasteiger charge is -2.36. The molecule has 0 saturated carbocycles. The molecule has 4 aromatic rings. The van der Waals surface area contributed by atoms with Crippen LogP contribution in [0, 0.1) is 0 Å². The molecule has 0 radical (unpaired) electrons. The molecule has 1 aliphatic heterocycles. The fourth-order valence-electron chi connectivity index (χ4n) is 4.27. The van der Waals surface area contributed by atoms with Crippen molar-refractivity contribution in [3.8, 4) is 0 Å². The number of nitrogens with zero attached hydrogens (tertiary/aromatic N) is 3. The molecule has 0 amide bonds.